The van der Waals surface area contributed by atoms with Crippen molar-refractivity contribution in [2.45, 2.75) is 31.7 Å². The van der Waals surface area contributed by atoms with Crippen LogP contribution in [-0.2, 0) is 26.8 Å². The van der Waals surface area contributed by atoms with Crippen LogP contribution in [0.25, 0.3) is 0 Å². The molecule has 0 atom stereocenters. The number of rotatable bonds is 4. The zero-order chi connectivity index (χ0) is 18.9. The molecule has 7 heteroatoms. The van der Waals surface area contributed by atoms with E-state index in [1.807, 2.05) is 12.1 Å². The molecule has 2 aliphatic rings. The molecule has 1 aromatic carbocycles. The largest absolute Gasteiger partial charge is 0.348 e. The van der Waals surface area contributed by atoms with Crippen molar-refractivity contribution >= 4 is 15.9 Å². The molecule has 0 saturated carbocycles. The monoisotopic (exact) mass is 379 g/mol. The summed E-state index contributed by atoms with van der Waals surface area (Å²) in [5.74, 6) is 0.245. The molecule has 1 aromatic rings. The van der Waals surface area contributed by atoms with Gasteiger partial charge in [-0.1, -0.05) is 24.3 Å². The molecule has 0 radical (unpaired) electrons. The maximum absolute atomic E-state index is 12.5. The summed E-state index contributed by atoms with van der Waals surface area (Å²) >= 11 is 0. The van der Waals surface area contributed by atoms with Crippen LogP contribution in [0.15, 0.2) is 24.3 Å². The van der Waals surface area contributed by atoms with Crippen molar-refractivity contribution in [3.05, 3.63) is 35.4 Å². The molecule has 1 amide bonds. The number of benzene rings is 1. The van der Waals surface area contributed by atoms with E-state index in [-0.39, 0.29) is 17.1 Å². The Morgan fingerprint density at radius 3 is 2.46 bits per heavy atom. The minimum Gasteiger partial charge on any atom is -0.348 e. The van der Waals surface area contributed by atoms with E-state index < -0.39 is 10.0 Å². The topological polar surface area (TPSA) is 60.9 Å². The van der Waals surface area contributed by atoms with Crippen LogP contribution < -0.4 is 0 Å². The number of piperidine rings is 1. The molecule has 6 nitrogen and oxygen atoms in total. The Kier molecular flexibility index (Phi) is 5.42. The molecule has 1 fully saturated rings. The highest BCUT2D eigenvalue weighted by atomic mass is 32.2. The van der Waals surface area contributed by atoms with Crippen LogP contribution in [0.2, 0.25) is 0 Å². The molecular weight excluding hydrogens is 350 g/mol. The fraction of sp³-hybridized carbons (Fsp3) is 0.632. The van der Waals surface area contributed by atoms with E-state index in [2.05, 4.69) is 17.0 Å². The highest BCUT2D eigenvalue weighted by Crippen LogP contribution is 2.42. The fourth-order valence-electron chi connectivity index (χ4n) is 4.12. The lowest BCUT2D eigenvalue weighted by Crippen LogP contribution is -2.54. The first kappa shape index (κ1) is 19.3. The van der Waals surface area contributed by atoms with E-state index in [4.69, 9.17) is 0 Å². The predicted molar refractivity (Wildman–Crippen MR) is 102 cm³/mol. The maximum atomic E-state index is 12.5. The number of hydrogen-bond donors (Lipinski definition) is 0. The number of carbonyl (C=O) groups is 1. The number of likely N-dealkylation sites (N-methyl/N-ethyl adjacent to an activating group) is 1. The second kappa shape index (κ2) is 7.29. The quantitative estimate of drug-likeness (QED) is 0.791. The summed E-state index contributed by atoms with van der Waals surface area (Å²) in [4.78, 5) is 15.8. The third kappa shape index (κ3) is 3.66. The number of nitrogens with zero attached hydrogens (tertiary/aromatic N) is 3. The van der Waals surface area contributed by atoms with Crippen molar-refractivity contribution in [2.24, 2.45) is 0 Å². The van der Waals surface area contributed by atoms with Gasteiger partial charge in [0.2, 0.25) is 15.9 Å². The van der Waals surface area contributed by atoms with Gasteiger partial charge in [0.25, 0.3) is 0 Å². The van der Waals surface area contributed by atoms with Gasteiger partial charge in [-0.2, -0.15) is 4.31 Å². The smallest absolute Gasteiger partial charge is 0.236 e. The second-order valence-corrected chi connectivity index (χ2v) is 9.93. The van der Waals surface area contributed by atoms with Crippen molar-refractivity contribution in [1.82, 2.24) is 14.1 Å². The van der Waals surface area contributed by atoms with Gasteiger partial charge in [-0.15, -0.1) is 0 Å². The van der Waals surface area contributed by atoms with Gasteiger partial charge < -0.3 is 4.90 Å². The van der Waals surface area contributed by atoms with Gasteiger partial charge in [0.1, 0.15) is 0 Å². The molecule has 0 unspecified atom stereocenters. The van der Waals surface area contributed by atoms with Gasteiger partial charge in [-0.3, -0.25) is 9.69 Å². The lowest BCUT2D eigenvalue weighted by atomic mass is 9.69. The second-order valence-electron chi connectivity index (χ2n) is 7.67. The van der Waals surface area contributed by atoms with Gasteiger partial charge >= 0.3 is 0 Å². The third-order valence-corrected chi connectivity index (χ3v) is 7.62. The SMILES string of the molecule is CCS(=O)(=O)N1Cc2ccccc2C2(CCN(CC(=O)N(C)C)CC2)C1. The average Bonchev–Trinajstić information content (AvgIpc) is 2.63. The molecule has 26 heavy (non-hydrogen) atoms. The van der Waals surface area contributed by atoms with Crippen molar-refractivity contribution in [3.63, 3.8) is 0 Å². The molecule has 144 valence electrons. The molecule has 0 aromatic heterocycles. The normalized spacial score (nSPS) is 20.7. The molecule has 2 heterocycles. The van der Waals surface area contributed by atoms with Gasteiger partial charge in [0.15, 0.2) is 0 Å². The molecule has 1 spiro atoms. The Balaban J connectivity index is 1.83. The van der Waals surface area contributed by atoms with Crippen LogP contribution in [0.5, 0.6) is 0 Å². The van der Waals surface area contributed by atoms with E-state index in [1.165, 1.54) is 5.56 Å². The first-order valence-electron chi connectivity index (χ1n) is 9.26. The van der Waals surface area contributed by atoms with Crippen LogP contribution in [0.4, 0.5) is 0 Å². The Labute approximate surface area is 156 Å². The summed E-state index contributed by atoms with van der Waals surface area (Å²) in [7, 11) is 0.329. The number of hydrogen-bond acceptors (Lipinski definition) is 4. The Morgan fingerprint density at radius 2 is 1.85 bits per heavy atom. The Morgan fingerprint density at radius 1 is 1.19 bits per heavy atom. The summed E-state index contributed by atoms with van der Waals surface area (Å²) in [5.41, 5.74) is 2.27. The Hall–Kier alpha value is -1.44. The summed E-state index contributed by atoms with van der Waals surface area (Å²) in [6.07, 6.45) is 1.75. The summed E-state index contributed by atoms with van der Waals surface area (Å²) < 4.78 is 26.7. The summed E-state index contributed by atoms with van der Waals surface area (Å²) in [6.45, 7) is 4.79. The molecule has 1 saturated heterocycles. The summed E-state index contributed by atoms with van der Waals surface area (Å²) in [5, 5.41) is 0. The Bertz CT molecular complexity index is 768. The first-order chi connectivity index (χ1) is 12.3. The maximum Gasteiger partial charge on any atom is 0.236 e. The van der Waals surface area contributed by atoms with E-state index in [0.29, 0.717) is 19.6 Å². The van der Waals surface area contributed by atoms with E-state index >= 15 is 0 Å². The molecule has 3 rings (SSSR count). The van der Waals surface area contributed by atoms with Gasteiger partial charge in [0, 0.05) is 32.6 Å². The summed E-state index contributed by atoms with van der Waals surface area (Å²) in [6, 6.07) is 8.24. The van der Waals surface area contributed by atoms with Crippen molar-refractivity contribution in [2.75, 3.05) is 46.0 Å². The minimum absolute atomic E-state index is 0.111. The number of amides is 1. The molecule has 0 aliphatic carbocycles. The van der Waals surface area contributed by atoms with Crippen LogP contribution in [0.3, 0.4) is 0 Å². The molecule has 0 bridgehead atoms. The van der Waals surface area contributed by atoms with E-state index in [9.17, 15) is 13.2 Å². The number of likely N-dealkylation sites (tertiary alicyclic amines) is 1. The van der Waals surface area contributed by atoms with Gasteiger partial charge in [0.05, 0.1) is 12.3 Å². The lowest BCUT2D eigenvalue weighted by Gasteiger charge is -2.48. The standard InChI is InChI=1S/C19H29N3O3S/c1-4-26(24,25)22-13-16-7-5-6-8-17(16)19(15-22)9-11-21(12-10-19)14-18(23)20(2)3/h5-8H,4,9-15H2,1-3H3. The molecule has 0 N–H and O–H groups in total. The number of carbonyl (C=O) groups excluding carboxylic acids is 1. The number of sulfonamides is 1. The van der Waals surface area contributed by atoms with Crippen LogP contribution in [0, 0.1) is 0 Å². The van der Waals surface area contributed by atoms with Crippen molar-refractivity contribution in [3.8, 4) is 0 Å². The van der Waals surface area contributed by atoms with Crippen LogP contribution in [0.1, 0.15) is 30.9 Å². The van der Waals surface area contributed by atoms with E-state index in [1.54, 1.807) is 30.2 Å². The fourth-order valence-corrected chi connectivity index (χ4v) is 5.27. The zero-order valence-electron chi connectivity index (χ0n) is 15.9. The van der Waals surface area contributed by atoms with Crippen molar-refractivity contribution < 1.29 is 13.2 Å². The minimum atomic E-state index is -3.22. The van der Waals surface area contributed by atoms with E-state index in [0.717, 1.165) is 31.5 Å². The van der Waals surface area contributed by atoms with Crippen LogP contribution >= 0.6 is 0 Å². The zero-order valence-corrected chi connectivity index (χ0v) is 16.8. The van der Waals surface area contributed by atoms with Gasteiger partial charge in [-0.25, -0.2) is 8.42 Å². The van der Waals surface area contributed by atoms with Crippen molar-refractivity contribution in [1.29, 1.82) is 0 Å². The first-order valence-corrected chi connectivity index (χ1v) is 10.9. The lowest BCUT2D eigenvalue weighted by molar-refractivity contribution is -0.130. The number of fused-ring (bicyclic) bond motifs is 2. The predicted octanol–water partition coefficient (Wildman–Crippen LogP) is 1.27. The molecular formula is C19H29N3O3S. The van der Waals surface area contributed by atoms with Crippen LogP contribution in [-0.4, -0.2) is 74.5 Å². The van der Waals surface area contributed by atoms with Gasteiger partial charge in [-0.05, 0) is 44.0 Å². The highest BCUT2D eigenvalue weighted by molar-refractivity contribution is 7.89. The third-order valence-electron chi connectivity index (χ3n) is 5.84. The molecule has 2 aliphatic heterocycles. The average molecular weight is 380 g/mol. The highest BCUT2D eigenvalue weighted by Gasteiger charge is 2.44.